The van der Waals surface area contributed by atoms with Gasteiger partial charge in [0.15, 0.2) is 0 Å². The molecule has 4 nitrogen and oxygen atoms in total. The lowest BCUT2D eigenvalue weighted by molar-refractivity contribution is -0.152. The molecule has 0 saturated carbocycles. The Kier molecular flexibility index (Phi) is 7.30. The molecule has 1 heterocycles. The van der Waals surface area contributed by atoms with Crippen LogP contribution in [0.25, 0.3) is 0 Å². The van der Waals surface area contributed by atoms with E-state index in [-0.39, 0.29) is 25.0 Å². The van der Waals surface area contributed by atoms with Crippen LogP contribution in [0.1, 0.15) is 76.7 Å². The van der Waals surface area contributed by atoms with Gasteiger partial charge in [-0.15, -0.1) is 0 Å². The Morgan fingerprint density at radius 1 is 1.07 bits per heavy atom. The highest BCUT2D eigenvalue weighted by atomic mass is 16.6. The summed E-state index contributed by atoms with van der Waals surface area (Å²) in [5, 5.41) is 0. The van der Waals surface area contributed by atoms with Gasteiger partial charge in [0, 0.05) is 0 Å². The predicted molar refractivity (Wildman–Crippen MR) is 108 cm³/mol. The molecule has 2 aliphatic rings. The van der Waals surface area contributed by atoms with Crippen molar-refractivity contribution < 1.29 is 19.1 Å². The minimum absolute atomic E-state index is 0.0972. The van der Waals surface area contributed by atoms with Gasteiger partial charge in [0.05, 0.1) is 11.8 Å². The van der Waals surface area contributed by atoms with Crippen molar-refractivity contribution in [2.24, 2.45) is 5.41 Å². The van der Waals surface area contributed by atoms with Gasteiger partial charge < -0.3 is 9.47 Å². The molecule has 2 atom stereocenters. The van der Waals surface area contributed by atoms with E-state index in [1.54, 1.807) is 0 Å². The molecule has 1 aliphatic carbocycles. The molecule has 0 spiro atoms. The van der Waals surface area contributed by atoms with Gasteiger partial charge in [-0.2, -0.15) is 0 Å². The van der Waals surface area contributed by atoms with Crippen LogP contribution >= 0.6 is 0 Å². The van der Waals surface area contributed by atoms with Crippen LogP contribution in [0.15, 0.2) is 42.0 Å². The standard InChI is InChI=1S/C24H32O4/c1-24-16-12-7-5-3-2-4-6-11-15-20(24)21(28-23(24)26)17-22(25)27-18-19-13-9-8-10-14-19/h8-10,13-15,21H,2-7,11-12,16-18H2,1H3/b20-15+. The van der Waals surface area contributed by atoms with Gasteiger partial charge in [-0.3, -0.25) is 9.59 Å². The lowest BCUT2D eigenvalue weighted by atomic mass is 9.76. The zero-order valence-electron chi connectivity index (χ0n) is 17.0. The van der Waals surface area contributed by atoms with E-state index in [4.69, 9.17) is 9.47 Å². The largest absolute Gasteiger partial charge is 0.461 e. The van der Waals surface area contributed by atoms with Gasteiger partial charge in [0.25, 0.3) is 0 Å². The number of hydrogen-bond donors (Lipinski definition) is 0. The first-order valence-electron chi connectivity index (χ1n) is 10.7. The third-order valence-corrected chi connectivity index (χ3v) is 6.02. The van der Waals surface area contributed by atoms with E-state index in [1.165, 1.54) is 25.7 Å². The van der Waals surface area contributed by atoms with Gasteiger partial charge >= 0.3 is 11.9 Å². The Morgan fingerprint density at radius 3 is 2.50 bits per heavy atom. The lowest BCUT2D eigenvalue weighted by Gasteiger charge is -2.23. The Balaban J connectivity index is 1.66. The van der Waals surface area contributed by atoms with Crippen molar-refractivity contribution >= 4 is 11.9 Å². The number of esters is 2. The number of benzene rings is 1. The second-order valence-corrected chi connectivity index (χ2v) is 8.25. The monoisotopic (exact) mass is 384 g/mol. The normalized spacial score (nSPS) is 28.1. The highest BCUT2D eigenvalue weighted by molar-refractivity contribution is 5.85. The van der Waals surface area contributed by atoms with Gasteiger partial charge in [0.1, 0.15) is 12.7 Å². The molecule has 3 rings (SSSR count). The first kappa shape index (κ1) is 20.6. The van der Waals surface area contributed by atoms with Crippen LogP contribution in [-0.2, 0) is 25.7 Å². The highest BCUT2D eigenvalue weighted by Crippen LogP contribution is 2.45. The molecule has 0 radical (unpaired) electrons. The first-order valence-corrected chi connectivity index (χ1v) is 10.7. The number of cyclic esters (lactones) is 1. The third kappa shape index (κ3) is 5.24. The van der Waals surface area contributed by atoms with Crippen LogP contribution in [0.4, 0.5) is 0 Å². The molecule has 1 aliphatic heterocycles. The molecule has 1 aromatic carbocycles. The number of ether oxygens (including phenoxy) is 2. The number of carbonyl (C=O) groups is 2. The summed E-state index contributed by atoms with van der Waals surface area (Å²) in [6.45, 7) is 2.24. The van der Waals surface area contributed by atoms with Crippen LogP contribution in [0.5, 0.6) is 0 Å². The summed E-state index contributed by atoms with van der Waals surface area (Å²) >= 11 is 0. The minimum Gasteiger partial charge on any atom is -0.461 e. The Morgan fingerprint density at radius 2 is 1.75 bits per heavy atom. The predicted octanol–water partition coefficient (Wildman–Crippen LogP) is 5.50. The number of hydrogen-bond acceptors (Lipinski definition) is 4. The first-order chi connectivity index (χ1) is 13.6. The fourth-order valence-electron chi connectivity index (χ4n) is 4.26. The fraction of sp³-hybridized carbons (Fsp3) is 0.583. The minimum atomic E-state index is -0.594. The van der Waals surface area contributed by atoms with Crippen molar-refractivity contribution in [2.45, 2.75) is 83.8 Å². The molecule has 28 heavy (non-hydrogen) atoms. The maximum Gasteiger partial charge on any atom is 0.316 e. The summed E-state index contributed by atoms with van der Waals surface area (Å²) in [6.07, 6.45) is 11.8. The maximum atomic E-state index is 12.7. The Labute approximate surface area is 168 Å². The highest BCUT2D eigenvalue weighted by Gasteiger charge is 2.49. The quantitative estimate of drug-likeness (QED) is 0.508. The van der Waals surface area contributed by atoms with E-state index in [1.807, 2.05) is 37.3 Å². The summed E-state index contributed by atoms with van der Waals surface area (Å²) in [5.41, 5.74) is 1.35. The van der Waals surface area contributed by atoms with Crippen LogP contribution in [-0.4, -0.2) is 18.0 Å². The molecule has 152 valence electrons. The third-order valence-electron chi connectivity index (χ3n) is 6.02. The Hall–Kier alpha value is -2.10. The zero-order chi connectivity index (χ0) is 19.8. The molecule has 0 amide bonds. The molecule has 0 N–H and O–H groups in total. The SMILES string of the molecule is CC12CCCCCCCCC/C=C/1C(CC(=O)OCc1ccccc1)OC2=O. The van der Waals surface area contributed by atoms with Crippen LogP contribution in [0.3, 0.4) is 0 Å². The van der Waals surface area contributed by atoms with Crippen LogP contribution in [0, 0.1) is 5.41 Å². The average molecular weight is 385 g/mol. The van der Waals surface area contributed by atoms with Crippen LogP contribution < -0.4 is 0 Å². The van der Waals surface area contributed by atoms with Crippen LogP contribution in [0.2, 0.25) is 0 Å². The van der Waals surface area contributed by atoms with Crippen molar-refractivity contribution in [2.75, 3.05) is 0 Å². The Bertz CT molecular complexity index is 694. The molecular formula is C24H32O4. The summed E-state index contributed by atoms with van der Waals surface area (Å²) < 4.78 is 11.1. The molecule has 4 heteroatoms. The van der Waals surface area contributed by atoms with Crippen molar-refractivity contribution in [1.82, 2.24) is 0 Å². The molecule has 0 bridgehead atoms. The number of allylic oxidation sites excluding steroid dienone is 1. The van der Waals surface area contributed by atoms with Gasteiger partial charge in [-0.25, -0.2) is 0 Å². The van der Waals surface area contributed by atoms with Gasteiger partial charge in [0.2, 0.25) is 0 Å². The summed E-state index contributed by atoms with van der Waals surface area (Å²) in [7, 11) is 0. The van der Waals surface area contributed by atoms with E-state index < -0.39 is 11.5 Å². The molecule has 2 unspecified atom stereocenters. The number of rotatable bonds is 4. The van der Waals surface area contributed by atoms with Crippen molar-refractivity contribution in [1.29, 1.82) is 0 Å². The summed E-state index contributed by atoms with van der Waals surface area (Å²) in [4.78, 5) is 25.1. The number of carbonyl (C=O) groups excluding carboxylic acids is 2. The van der Waals surface area contributed by atoms with Gasteiger partial charge in [-0.05, 0) is 37.3 Å². The summed E-state index contributed by atoms with van der Waals surface area (Å²) in [5.74, 6) is -0.505. The average Bonchev–Trinajstić information content (AvgIpc) is 2.91. The molecule has 1 aromatic rings. The van der Waals surface area contributed by atoms with Crippen molar-refractivity contribution in [3.8, 4) is 0 Å². The smallest absolute Gasteiger partial charge is 0.316 e. The molecule has 1 saturated heterocycles. The van der Waals surface area contributed by atoms with E-state index in [0.29, 0.717) is 0 Å². The maximum absolute atomic E-state index is 12.7. The topological polar surface area (TPSA) is 52.6 Å². The van der Waals surface area contributed by atoms with Crippen molar-refractivity contribution in [3.63, 3.8) is 0 Å². The molecule has 1 fully saturated rings. The molecular weight excluding hydrogens is 352 g/mol. The van der Waals surface area contributed by atoms with Crippen molar-refractivity contribution in [3.05, 3.63) is 47.5 Å². The lowest BCUT2D eigenvalue weighted by Crippen LogP contribution is -2.25. The summed E-state index contributed by atoms with van der Waals surface area (Å²) in [6, 6.07) is 9.62. The fourth-order valence-corrected chi connectivity index (χ4v) is 4.26. The van der Waals surface area contributed by atoms with E-state index in [2.05, 4.69) is 6.08 Å². The van der Waals surface area contributed by atoms with Gasteiger partial charge in [-0.1, -0.05) is 74.9 Å². The van der Waals surface area contributed by atoms with E-state index in [0.717, 1.165) is 43.2 Å². The zero-order valence-corrected chi connectivity index (χ0v) is 17.0. The second kappa shape index (κ2) is 9.90. The second-order valence-electron chi connectivity index (χ2n) is 8.25. The van der Waals surface area contributed by atoms with E-state index in [9.17, 15) is 9.59 Å². The van der Waals surface area contributed by atoms with E-state index >= 15 is 0 Å². The molecule has 0 aromatic heterocycles. The number of fused-ring (bicyclic) bond motifs is 1.